The Labute approximate surface area is 138 Å². The Morgan fingerprint density at radius 3 is 2.75 bits per heavy atom. The number of hydrogen-bond donors (Lipinski definition) is 2. The zero-order chi connectivity index (χ0) is 16.9. The van der Waals surface area contributed by atoms with Crippen LogP contribution in [0.3, 0.4) is 0 Å². The summed E-state index contributed by atoms with van der Waals surface area (Å²) in [6.07, 6.45) is 1.96. The van der Waals surface area contributed by atoms with Crippen LogP contribution in [0.25, 0.3) is 22.4 Å². The van der Waals surface area contributed by atoms with E-state index in [4.69, 9.17) is 9.52 Å². The van der Waals surface area contributed by atoms with E-state index >= 15 is 0 Å². The van der Waals surface area contributed by atoms with E-state index in [1.807, 2.05) is 24.3 Å². The van der Waals surface area contributed by atoms with Gasteiger partial charge in [-0.1, -0.05) is 18.2 Å². The number of furan rings is 1. The van der Waals surface area contributed by atoms with E-state index in [1.54, 1.807) is 24.5 Å². The van der Waals surface area contributed by atoms with Crippen molar-refractivity contribution in [3.8, 4) is 11.5 Å². The Balaban J connectivity index is 1.90. The van der Waals surface area contributed by atoms with E-state index in [2.05, 4.69) is 10.3 Å². The fourth-order valence-electron chi connectivity index (χ4n) is 2.45. The van der Waals surface area contributed by atoms with Crippen molar-refractivity contribution < 1.29 is 19.1 Å². The van der Waals surface area contributed by atoms with Crippen molar-refractivity contribution in [2.75, 3.05) is 6.54 Å². The fraction of sp³-hybridized carbons (Fsp3) is 0.167. The maximum absolute atomic E-state index is 12.5. The number of fused-ring (bicyclic) bond motifs is 1. The molecule has 0 unspecified atom stereocenters. The van der Waals surface area contributed by atoms with Gasteiger partial charge in [0.05, 0.1) is 17.3 Å². The highest BCUT2D eigenvalue weighted by Crippen LogP contribution is 2.25. The summed E-state index contributed by atoms with van der Waals surface area (Å²) in [6.45, 7) is 0.303. The first kappa shape index (κ1) is 15.7. The Bertz CT molecular complexity index is 872. The summed E-state index contributed by atoms with van der Waals surface area (Å²) in [5.74, 6) is -0.550. The third-order valence-corrected chi connectivity index (χ3v) is 3.59. The molecule has 122 valence electrons. The number of pyridine rings is 1. The number of rotatable bonds is 6. The van der Waals surface area contributed by atoms with Crippen molar-refractivity contribution in [2.45, 2.75) is 12.8 Å². The number of carboxylic acids is 1. The number of carboxylic acid groups (broad SMARTS) is 1. The monoisotopic (exact) mass is 324 g/mol. The molecular formula is C18H16N2O4. The minimum absolute atomic E-state index is 0.0228. The van der Waals surface area contributed by atoms with Crippen LogP contribution in [0, 0.1) is 0 Å². The van der Waals surface area contributed by atoms with Crippen molar-refractivity contribution in [3.05, 3.63) is 54.3 Å². The number of benzene rings is 1. The topological polar surface area (TPSA) is 92.4 Å². The summed E-state index contributed by atoms with van der Waals surface area (Å²) in [6, 6.07) is 12.6. The van der Waals surface area contributed by atoms with E-state index in [1.165, 1.54) is 0 Å². The lowest BCUT2D eigenvalue weighted by atomic mass is 10.1. The van der Waals surface area contributed by atoms with Gasteiger partial charge in [0.25, 0.3) is 5.91 Å². The predicted octanol–water partition coefficient (Wildman–Crippen LogP) is 3.09. The molecule has 0 radical (unpaired) electrons. The second-order valence-electron chi connectivity index (χ2n) is 5.30. The number of nitrogens with one attached hydrogen (secondary N) is 1. The Morgan fingerprint density at radius 2 is 2.00 bits per heavy atom. The van der Waals surface area contributed by atoms with Gasteiger partial charge >= 0.3 is 5.97 Å². The van der Waals surface area contributed by atoms with Crippen LogP contribution in [0.4, 0.5) is 0 Å². The third kappa shape index (κ3) is 3.43. The summed E-state index contributed by atoms with van der Waals surface area (Å²) in [7, 11) is 0. The summed E-state index contributed by atoms with van der Waals surface area (Å²) in [4.78, 5) is 27.6. The molecule has 3 aromatic rings. The second kappa shape index (κ2) is 6.95. The van der Waals surface area contributed by atoms with Crippen LogP contribution < -0.4 is 5.32 Å². The van der Waals surface area contributed by atoms with Crippen molar-refractivity contribution >= 4 is 22.8 Å². The Morgan fingerprint density at radius 1 is 1.17 bits per heavy atom. The average Bonchev–Trinajstić information content (AvgIpc) is 3.12. The van der Waals surface area contributed by atoms with Crippen LogP contribution in [0.1, 0.15) is 23.2 Å². The lowest BCUT2D eigenvalue weighted by Crippen LogP contribution is -2.25. The zero-order valence-corrected chi connectivity index (χ0v) is 12.9. The third-order valence-electron chi connectivity index (χ3n) is 3.59. The smallest absolute Gasteiger partial charge is 0.303 e. The maximum Gasteiger partial charge on any atom is 0.303 e. The normalized spacial score (nSPS) is 10.7. The Kier molecular flexibility index (Phi) is 4.56. The standard InChI is InChI=1S/C18H16N2O4/c21-17(22)8-3-9-19-18(23)13-11-15(16-7-4-10-24-16)20-14-6-2-1-5-12(13)14/h1-2,4-7,10-11H,3,8-9H2,(H,19,23)(H,21,22). The molecule has 0 saturated carbocycles. The molecule has 1 aromatic carbocycles. The largest absolute Gasteiger partial charge is 0.481 e. The Hall–Kier alpha value is -3.15. The van der Waals surface area contributed by atoms with Gasteiger partial charge in [-0.25, -0.2) is 4.98 Å². The fourth-order valence-corrected chi connectivity index (χ4v) is 2.45. The van der Waals surface area contributed by atoms with Gasteiger partial charge in [-0.05, 0) is 30.7 Å². The number of aromatic nitrogens is 1. The second-order valence-corrected chi connectivity index (χ2v) is 5.30. The van der Waals surface area contributed by atoms with Gasteiger partial charge in [-0.15, -0.1) is 0 Å². The number of nitrogens with zero attached hydrogens (tertiary/aromatic N) is 1. The molecule has 0 saturated heterocycles. The van der Waals surface area contributed by atoms with Crippen molar-refractivity contribution in [1.29, 1.82) is 0 Å². The first-order valence-electron chi connectivity index (χ1n) is 7.59. The molecule has 24 heavy (non-hydrogen) atoms. The molecule has 0 atom stereocenters. The quantitative estimate of drug-likeness (QED) is 0.680. The van der Waals surface area contributed by atoms with E-state index in [9.17, 15) is 9.59 Å². The lowest BCUT2D eigenvalue weighted by molar-refractivity contribution is -0.137. The van der Waals surface area contributed by atoms with Crippen LogP contribution in [0.2, 0.25) is 0 Å². The number of aliphatic carboxylic acids is 1. The van der Waals surface area contributed by atoms with Gasteiger partial charge in [0.15, 0.2) is 5.76 Å². The average molecular weight is 324 g/mol. The molecule has 0 fully saturated rings. The molecule has 2 heterocycles. The first-order chi connectivity index (χ1) is 11.6. The van der Waals surface area contributed by atoms with E-state index in [0.29, 0.717) is 35.5 Å². The minimum atomic E-state index is -0.876. The maximum atomic E-state index is 12.5. The van der Waals surface area contributed by atoms with Crippen LogP contribution in [0.15, 0.2) is 53.1 Å². The van der Waals surface area contributed by atoms with Crippen molar-refractivity contribution in [1.82, 2.24) is 10.3 Å². The molecule has 6 nitrogen and oxygen atoms in total. The highest BCUT2D eigenvalue weighted by Gasteiger charge is 2.14. The molecule has 3 rings (SSSR count). The van der Waals surface area contributed by atoms with E-state index in [0.717, 1.165) is 5.39 Å². The van der Waals surface area contributed by atoms with Crippen LogP contribution in [-0.4, -0.2) is 28.5 Å². The van der Waals surface area contributed by atoms with Gasteiger partial charge in [0, 0.05) is 18.4 Å². The lowest BCUT2D eigenvalue weighted by Gasteiger charge is -2.09. The number of hydrogen-bond acceptors (Lipinski definition) is 4. The van der Waals surface area contributed by atoms with Crippen LogP contribution in [0.5, 0.6) is 0 Å². The molecule has 2 aromatic heterocycles. The van der Waals surface area contributed by atoms with E-state index < -0.39 is 5.97 Å². The van der Waals surface area contributed by atoms with Crippen molar-refractivity contribution in [3.63, 3.8) is 0 Å². The molecule has 2 N–H and O–H groups in total. The molecule has 0 aliphatic carbocycles. The van der Waals surface area contributed by atoms with Gasteiger partial charge < -0.3 is 14.8 Å². The first-order valence-corrected chi connectivity index (χ1v) is 7.59. The number of carbonyl (C=O) groups excluding carboxylic acids is 1. The zero-order valence-electron chi connectivity index (χ0n) is 12.9. The van der Waals surface area contributed by atoms with Crippen LogP contribution in [-0.2, 0) is 4.79 Å². The van der Waals surface area contributed by atoms with Gasteiger partial charge in [-0.3, -0.25) is 9.59 Å². The van der Waals surface area contributed by atoms with Crippen LogP contribution >= 0.6 is 0 Å². The highest BCUT2D eigenvalue weighted by atomic mass is 16.4. The van der Waals surface area contributed by atoms with Crippen molar-refractivity contribution in [2.24, 2.45) is 0 Å². The molecule has 0 spiro atoms. The number of carbonyl (C=O) groups is 2. The SMILES string of the molecule is O=C(O)CCCNC(=O)c1cc(-c2ccco2)nc2ccccc12. The molecule has 0 bridgehead atoms. The molecule has 6 heteroatoms. The molecule has 0 aliphatic heterocycles. The summed E-state index contributed by atoms with van der Waals surface area (Å²) < 4.78 is 5.37. The molecule has 1 amide bonds. The molecular weight excluding hydrogens is 308 g/mol. The van der Waals surface area contributed by atoms with Gasteiger partial charge in [0.1, 0.15) is 5.69 Å². The van der Waals surface area contributed by atoms with Gasteiger partial charge in [-0.2, -0.15) is 0 Å². The highest BCUT2D eigenvalue weighted by molar-refractivity contribution is 6.07. The summed E-state index contributed by atoms with van der Waals surface area (Å²) in [5.41, 5.74) is 1.76. The number of amides is 1. The molecule has 0 aliphatic rings. The number of para-hydroxylation sites is 1. The van der Waals surface area contributed by atoms with Gasteiger partial charge in [0.2, 0.25) is 0 Å². The summed E-state index contributed by atoms with van der Waals surface area (Å²) >= 11 is 0. The van der Waals surface area contributed by atoms with E-state index in [-0.39, 0.29) is 12.3 Å². The predicted molar refractivity (Wildman–Crippen MR) is 88.6 cm³/mol. The minimum Gasteiger partial charge on any atom is -0.481 e. The summed E-state index contributed by atoms with van der Waals surface area (Å²) in [5, 5.41) is 12.1.